The number of aryl methyl sites for hydroxylation is 2. The summed E-state index contributed by atoms with van der Waals surface area (Å²) < 4.78 is 5.73. The van der Waals surface area contributed by atoms with E-state index in [9.17, 15) is 0 Å². The SMILES string of the molecule is Cc1ccc(C(N)c2cccc(OC(C)C)c2)cc1C. The van der Waals surface area contributed by atoms with E-state index < -0.39 is 0 Å². The second-order valence-electron chi connectivity index (χ2n) is 5.56. The number of ether oxygens (including phenoxy) is 1. The van der Waals surface area contributed by atoms with Crippen LogP contribution in [-0.2, 0) is 0 Å². The Kier molecular flexibility index (Phi) is 4.46. The lowest BCUT2D eigenvalue weighted by Gasteiger charge is -2.16. The molecule has 0 amide bonds. The summed E-state index contributed by atoms with van der Waals surface area (Å²) in [7, 11) is 0. The normalized spacial score (nSPS) is 12.5. The lowest BCUT2D eigenvalue weighted by molar-refractivity contribution is 0.242. The van der Waals surface area contributed by atoms with Crippen LogP contribution in [0.4, 0.5) is 0 Å². The maximum Gasteiger partial charge on any atom is 0.120 e. The van der Waals surface area contributed by atoms with E-state index in [0.717, 1.165) is 16.9 Å². The Morgan fingerprint density at radius 1 is 0.900 bits per heavy atom. The van der Waals surface area contributed by atoms with Gasteiger partial charge in [-0.2, -0.15) is 0 Å². The molecule has 1 atom stereocenters. The largest absolute Gasteiger partial charge is 0.491 e. The Balaban J connectivity index is 2.28. The molecule has 0 aromatic heterocycles. The summed E-state index contributed by atoms with van der Waals surface area (Å²) in [6.45, 7) is 8.28. The third kappa shape index (κ3) is 3.40. The van der Waals surface area contributed by atoms with E-state index in [0.29, 0.717) is 0 Å². The molecule has 2 N–H and O–H groups in total. The highest BCUT2D eigenvalue weighted by atomic mass is 16.5. The minimum atomic E-state index is -0.120. The van der Waals surface area contributed by atoms with Crippen molar-refractivity contribution in [1.29, 1.82) is 0 Å². The van der Waals surface area contributed by atoms with Gasteiger partial charge >= 0.3 is 0 Å². The summed E-state index contributed by atoms with van der Waals surface area (Å²) in [6, 6.07) is 14.3. The maximum absolute atomic E-state index is 6.38. The Labute approximate surface area is 121 Å². The average molecular weight is 269 g/mol. The Morgan fingerprint density at radius 2 is 1.60 bits per heavy atom. The van der Waals surface area contributed by atoms with E-state index in [1.54, 1.807) is 0 Å². The molecule has 0 saturated heterocycles. The van der Waals surface area contributed by atoms with Crippen LogP contribution in [0.25, 0.3) is 0 Å². The fraction of sp³-hybridized carbons (Fsp3) is 0.333. The van der Waals surface area contributed by atoms with E-state index >= 15 is 0 Å². The quantitative estimate of drug-likeness (QED) is 0.905. The number of rotatable bonds is 4. The van der Waals surface area contributed by atoms with Gasteiger partial charge in [0.15, 0.2) is 0 Å². The minimum Gasteiger partial charge on any atom is -0.491 e. The first-order valence-electron chi connectivity index (χ1n) is 7.06. The predicted octanol–water partition coefficient (Wildman–Crippen LogP) is 4.14. The molecule has 0 bridgehead atoms. The molecular formula is C18H23NO. The van der Waals surface area contributed by atoms with Crippen molar-refractivity contribution in [2.45, 2.75) is 39.8 Å². The fourth-order valence-electron chi connectivity index (χ4n) is 2.20. The number of hydrogen-bond acceptors (Lipinski definition) is 2. The van der Waals surface area contributed by atoms with Crippen LogP contribution >= 0.6 is 0 Å². The molecule has 0 fully saturated rings. The van der Waals surface area contributed by atoms with E-state index in [1.165, 1.54) is 11.1 Å². The predicted molar refractivity (Wildman–Crippen MR) is 84.2 cm³/mol. The topological polar surface area (TPSA) is 35.2 Å². The molecule has 0 spiro atoms. The Hall–Kier alpha value is -1.80. The average Bonchev–Trinajstić information content (AvgIpc) is 2.40. The minimum absolute atomic E-state index is 0.120. The van der Waals surface area contributed by atoms with Crippen LogP contribution in [0.1, 0.15) is 42.1 Å². The van der Waals surface area contributed by atoms with Crippen LogP contribution in [0.5, 0.6) is 5.75 Å². The first-order chi connectivity index (χ1) is 9.47. The molecular weight excluding hydrogens is 246 g/mol. The van der Waals surface area contributed by atoms with Crippen LogP contribution in [0, 0.1) is 13.8 Å². The van der Waals surface area contributed by atoms with Crippen LogP contribution < -0.4 is 10.5 Å². The third-order valence-corrected chi connectivity index (χ3v) is 3.48. The molecule has 2 nitrogen and oxygen atoms in total. The first kappa shape index (κ1) is 14.6. The van der Waals surface area contributed by atoms with Crippen molar-refractivity contribution >= 4 is 0 Å². The van der Waals surface area contributed by atoms with Crippen molar-refractivity contribution in [3.63, 3.8) is 0 Å². The molecule has 2 aromatic carbocycles. The van der Waals surface area contributed by atoms with Gasteiger partial charge in [-0.15, -0.1) is 0 Å². The van der Waals surface area contributed by atoms with Gasteiger partial charge in [-0.1, -0.05) is 30.3 Å². The summed E-state index contributed by atoms with van der Waals surface area (Å²) >= 11 is 0. The molecule has 0 aliphatic heterocycles. The Morgan fingerprint density at radius 3 is 2.25 bits per heavy atom. The molecule has 1 unspecified atom stereocenters. The molecule has 0 aliphatic rings. The van der Waals surface area contributed by atoms with E-state index in [1.807, 2.05) is 38.1 Å². The molecule has 2 heteroatoms. The highest BCUT2D eigenvalue weighted by Gasteiger charge is 2.11. The Bertz CT molecular complexity index is 590. The lowest BCUT2D eigenvalue weighted by atomic mass is 9.96. The van der Waals surface area contributed by atoms with Crippen LogP contribution in [-0.4, -0.2) is 6.10 Å². The maximum atomic E-state index is 6.38. The van der Waals surface area contributed by atoms with Crippen LogP contribution in [0.3, 0.4) is 0 Å². The third-order valence-electron chi connectivity index (χ3n) is 3.48. The molecule has 0 saturated carbocycles. The van der Waals surface area contributed by atoms with Crippen molar-refractivity contribution in [3.05, 3.63) is 64.7 Å². The highest BCUT2D eigenvalue weighted by Crippen LogP contribution is 2.25. The van der Waals surface area contributed by atoms with Gasteiger partial charge in [-0.3, -0.25) is 0 Å². The number of hydrogen-bond donors (Lipinski definition) is 1. The first-order valence-corrected chi connectivity index (χ1v) is 7.06. The van der Waals surface area contributed by atoms with Gasteiger partial charge in [0.2, 0.25) is 0 Å². The van der Waals surface area contributed by atoms with Gasteiger partial charge in [-0.05, 0) is 62.1 Å². The summed E-state index contributed by atoms with van der Waals surface area (Å²) in [6.07, 6.45) is 0.170. The van der Waals surface area contributed by atoms with Crippen molar-refractivity contribution < 1.29 is 4.74 Å². The number of nitrogens with two attached hydrogens (primary N) is 1. The number of benzene rings is 2. The van der Waals surface area contributed by atoms with Crippen molar-refractivity contribution in [1.82, 2.24) is 0 Å². The van der Waals surface area contributed by atoms with Gasteiger partial charge < -0.3 is 10.5 Å². The molecule has 2 aromatic rings. The van der Waals surface area contributed by atoms with Crippen LogP contribution in [0.2, 0.25) is 0 Å². The summed E-state index contributed by atoms with van der Waals surface area (Å²) in [5, 5.41) is 0. The second-order valence-corrected chi connectivity index (χ2v) is 5.56. The molecule has 0 aliphatic carbocycles. The highest BCUT2D eigenvalue weighted by molar-refractivity contribution is 5.39. The van der Waals surface area contributed by atoms with Crippen molar-refractivity contribution in [2.24, 2.45) is 5.73 Å². The molecule has 20 heavy (non-hydrogen) atoms. The smallest absolute Gasteiger partial charge is 0.120 e. The monoisotopic (exact) mass is 269 g/mol. The van der Waals surface area contributed by atoms with E-state index in [2.05, 4.69) is 32.0 Å². The van der Waals surface area contributed by atoms with Crippen LogP contribution in [0.15, 0.2) is 42.5 Å². The summed E-state index contributed by atoms with van der Waals surface area (Å²) in [5.41, 5.74) is 11.1. The molecule has 0 radical (unpaired) electrons. The zero-order valence-electron chi connectivity index (χ0n) is 12.7. The zero-order valence-corrected chi connectivity index (χ0v) is 12.7. The second kappa shape index (κ2) is 6.10. The van der Waals surface area contributed by atoms with Gasteiger partial charge in [0.25, 0.3) is 0 Å². The van der Waals surface area contributed by atoms with E-state index in [-0.39, 0.29) is 12.1 Å². The molecule has 2 rings (SSSR count). The lowest BCUT2D eigenvalue weighted by Crippen LogP contribution is -2.13. The van der Waals surface area contributed by atoms with Gasteiger partial charge in [0.05, 0.1) is 12.1 Å². The fourth-order valence-corrected chi connectivity index (χ4v) is 2.20. The summed E-state index contributed by atoms with van der Waals surface area (Å²) in [5.74, 6) is 0.872. The molecule has 0 heterocycles. The molecule has 106 valence electrons. The van der Waals surface area contributed by atoms with Gasteiger partial charge in [0, 0.05) is 0 Å². The van der Waals surface area contributed by atoms with Gasteiger partial charge in [-0.25, -0.2) is 0 Å². The summed E-state index contributed by atoms with van der Waals surface area (Å²) in [4.78, 5) is 0. The van der Waals surface area contributed by atoms with Gasteiger partial charge in [0.1, 0.15) is 5.75 Å². The van der Waals surface area contributed by atoms with E-state index in [4.69, 9.17) is 10.5 Å². The zero-order chi connectivity index (χ0) is 14.7. The standard InChI is InChI=1S/C18H23NO/c1-12(2)20-17-7-5-6-15(11-17)18(19)16-9-8-13(3)14(4)10-16/h5-12,18H,19H2,1-4H3. The van der Waals surface area contributed by atoms with Crippen molar-refractivity contribution in [2.75, 3.05) is 0 Å². The van der Waals surface area contributed by atoms with Crippen molar-refractivity contribution in [3.8, 4) is 5.75 Å².